The number of nitrogens with zero attached hydrogens (tertiary/aromatic N) is 2. The minimum atomic E-state index is -0.164. The van der Waals surface area contributed by atoms with Gasteiger partial charge in [0, 0.05) is 32.1 Å². The average molecular weight is 552 g/mol. The maximum absolute atomic E-state index is 14.2. The third-order valence-corrected chi connectivity index (χ3v) is 7.53. The third-order valence-electron chi connectivity index (χ3n) is 7.53. The van der Waals surface area contributed by atoms with Gasteiger partial charge in [-0.3, -0.25) is 19.5 Å². The lowest BCUT2D eigenvalue weighted by molar-refractivity contribution is -0.140. The normalized spacial score (nSPS) is 29.2. The van der Waals surface area contributed by atoms with E-state index >= 15 is 0 Å². The van der Waals surface area contributed by atoms with Crippen molar-refractivity contribution in [2.75, 3.05) is 26.7 Å². The van der Waals surface area contributed by atoms with Crippen LogP contribution in [0.15, 0.2) is 41.4 Å². The van der Waals surface area contributed by atoms with Crippen LogP contribution >= 0.6 is 24.0 Å². The average Bonchev–Trinajstić information content (AvgIpc) is 3.14. The van der Waals surface area contributed by atoms with E-state index in [1.165, 1.54) is 11.0 Å². The number of carbonyl (C=O) groups excluding carboxylic acids is 2. The number of amides is 2. The van der Waals surface area contributed by atoms with Crippen LogP contribution in [0.25, 0.3) is 0 Å². The van der Waals surface area contributed by atoms with Crippen LogP contribution in [0.4, 0.5) is 4.39 Å². The number of hydrogen-bond donors (Lipinski definition) is 2. The summed E-state index contributed by atoms with van der Waals surface area (Å²) in [6.45, 7) is 1.66. The number of rotatable bonds is 7. The molecule has 1 aromatic carbocycles. The van der Waals surface area contributed by atoms with Crippen molar-refractivity contribution < 1.29 is 14.0 Å². The van der Waals surface area contributed by atoms with E-state index in [1.807, 2.05) is 12.1 Å². The highest BCUT2D eigenvalue weighted by Gasteiger charge is 2.58. The van der Waals surface area contributed by atoms with Gasteiger partial charge in [0.2, 0.25) is 11.8 Å². The summed E-state index contributed by atoms with van der Waals surface area (Å²) in [7, 11) is 1.70. The van der Waals surface area contributed by atoms with Gasteiger partial charge in [0.05, 0.1) is 11.8 Å². The Morgan fingerprint density at radius 3 is 2.38 bits per heavy atom. The van der Waals surface area contributed by atoms with Crippen molar-refractivity contribution in [1.82, 2.24) is 15.5 Å². The van der Waals surface area contributed by atoms with Gasteiger partial charge in [-0.25, -0.2) is 4.39 Å². The standard InChI is InChI=1S/C24H29FN4O2.HI/c1-26-23(28-14-24(9-10-24)17-5-2-3-6-18(17)25)27-11-4-12-29-21(30)19-15-7-8-16(13-15)20(19)22(29)31;/h2-3,5-8,15-16,19-20H,4,9-14H2,1H3,(H2,26,27,28);1H. The molecule has 3 aliphatic carbocycles. The fourth-order valence-electron chi connectivity index (χ4n) is 5.69. The number of carbonyl (C=O) groups is 2. The SMILES string of the molecule is CN=C(NCCCN1C(=O)C2C3C=CC(C3)C2C1=O)NCC1(c2ccccc2F)CC1.I. The molecule has 4 aliphatic rings. The van der Waals surface area contributed by atoms with Crippen molar-refractivity contribution in [3.8, 4) is 0 Å². The number of hydrogen-bond acceptors (Lipinski definition) is 3. The van der Waals surface area contributed by atoms with Crippen LogP contribution in [-0.4, -0.2) is 49.4 Å². The summed E-state index contributed by atoms with van der Waals surface area (Å²) in [5, 5.41) is 6.57. The number of nitrogens with one attached hydrogen (secondary N) is 2. The smallest absolute Gasteiger partial charge is 0.233 e. The zero-order valence-electron chi connectivity index (χ0n) is 18.2. The first kappa shape index (κ1) is 23.2. The summed E-state index contributed by atoms with van der Waals surface area (Å²) < 4.78 is 14.2. The second kappa shape index (κ2) is 9.11. The van der Waals surface area contributed by atoms with Gasteiger partial charge in [-0.1, -0.05) is 30.4 Å². The number of guanidine groups is 1. The number of likely N-dealkylation sites (tertiary alicyclic amines) is 1. The molecule has 2 saturated carbocycles. The molecular weight excluding hydrogens is 522 g/mol. The Balaban J connectivity index is 0.00000245. The molecule has 1 saturated heterocycles. The lowest BCUT2D eigenvalue weighted by atomic mass is 9.85. The van der Waals surface area contributed by atoms with Crippen molar-refractivity contribution in [1.29, 1.82) is 0 Å². The summed E-state index contributed by atoms with van der Waals surface area (Å²) in [6.07, 6.45) is 7.77. The summed E-state index contributed by atoms with van der Waals surface area (Å²) in [5.41, 5.74) is 0.598. The fourth-order valence-corrected chi connectivity index (χ4v) is 5.69. The summed E-state index contributed by atoms with van der Waals surface area (Å²) in [4.78, 5) is 31.2. The number of halogens is 2. The molecule has 0 aromatic heterocycles. The first-order valence-corrected chi connectivity index (χ1v) is 11.3. The molecule has 1 heterocycles. The van der Waals surface area contributed by atoms with Gasteiger partial charge in [-0.15, -0.1) is 24.0 Å². The van der Waals surface area contributed by atoms with E-state index in [2.05, 4.69) is 27.8 Å². The van der Waals surface area contributed by atoms with Gasteiger partial charge < -0.3 is 10.6 Å². The van der Waals surface area contributed by atoms with Crippen LogP contribution in [0, 0.1) is 29.5 Å². The number of allylic oxidation sites excluding steroid dienone is 2. The molecule has 2 bridgehead atoms. The third kappa shape index (κ3) is 3.95. The van der Waals surface area contributed by atoms with Crippen molar-refractivity contribution in [3.05, 3.63) is 47.8 Å². The summed E-state index contributed by atoms with van der Waals surface area (Å²) in [5.74, 6) is 0.767. The number of fused-ring (bicyclic) bond motifs is 5. The highest BCUT2D eigenvalue weighted by Crippen LogP contribution is 2.52. The highest BCUT2D eigenvalue weighted by molar-refractivity contribution is 14.0. The summed E-state index contributed by atoms with van der Waals surface area (Å²) >= 11 is 0. The van der Waals surface area contributed by atoms with Crippen molar-refractivity contribution in [2.24, 2.45) is 28.7 Å². The van der Waals surface area contributed by atoms with E-state index in [-0.39, 0.29) is 70.7 Å². The predicted molar refractivity (Wildman–Crippen MR) is 131 cm³/mol. The Kier molecular flexibility index (Phi) is 6.61. The quantitative estimate of drug-likeness (QED) is 0.136. The first-order valence-electron chi connectivity index (χ1n) is 11.3. The van der Waals surface area contributed by atoms with Gasteiger partial charge in [-0.2, -0.15) is 0 Å². The Hall–Kier alpha value is -1.97. The molecule has 1 aliphatic heterocycles. The maximum Gasteiger partial charge on any atom is 0.233 e. The zero-order chi connectivity index (χ0) is 21.6. The van der Waals surface area contributed by atoms with Crippen molar-refractivity contribution >= 4 is 41.8 Å². The van der Waals surface area contributed by atoms with Gasteiger partial charge in [-0.05, 0) is 49.1 Å². The van der Waals surface area contributed by atoms with E-state index in [0.29, 0.717) is 32.0 Å². The van der Waals surface area contributed by atoms with Gasteiger partial charge in [0.15, 0.2) is 5.96 Å². The fraction of sp³-hybridized carbons (Fsp3) is 0.542. The van der Waals surface area contributed by atoms with E-state index in [0.717, 1.165) is 24.8 Å². The highest BCUT2D eigenvalue weighted by atomic mass is 127. The largest absolute Gasteiger partial charge is 0.356 e. The molecule has 2 N–H and O–H groups in total. The monoisotopic (exact) mass is 552 g/mol. The van der Waals surface area contributed by atoms with E-state index in [9.17, 15) is 14.0 Å². The number of aliphatic imine (C=N–C) groups is 1. The van der Waals surface area contributed by atoms with Crippen LogP contribution in [-0.2, 0) is 15.0 Å². The molecular formula is C24H30FIN4O2. The van der Waals surface area contributed by atoms with Crippen molar-refractivity contribution in [3.63, 3.8) is 0 Å². The zero-order valence-corrected chi connectivity index (χ0v) is 20.6. The van der Waals surface area contributed by atoms with Crippen LogP contribution in [0.5, 0.6) is 0 Å². The minimum Gasteiger partial charge on any atom is -0.356 e. The molecule has 1 aromatic rings. The van der Waals surface area contributed by atoms with E-state index < -0.39 is 0 Å². The van der Waals surface area contributed by atoms with E-state index in [1.54, 1.807) is 13.1 Å². The molecule has 4 unspecified atom stereocenters. The topological polar surface area (TPSA) is 73.8 Å². The number of benzene rings is 1. The second-order valence-electron chi connectivity index (χ2n) is 9.29. The second-order valence-corrected chi connectivity index (χ2v) is 9.29. The number of imide groups is 1. The first-order chi connectivity index (χ1) is 15.0. The molecule has 5 rings (SSSR count). The van der Waals surface area contributed by atoms with Gasteiger partial charge in [0.1, 0.15) is 5.82 Å². The predicted octanol–water partition coefficient (Wildman–Crippen LogP) is 2.84. The van der Waals surface area contributed by atoms with Crippen LogP contribution < -0.4 is 10.6 Å². The Morgan fingerprint density at radius 1 is 1.12 bits per heavy atom. The Morgan fingerprint density at radius 2 is 1.78 bits per heavy atom. The molecule has 8 heteroatoms. The van der Waals surface area contributed by atoms with Crippen molar-refractivity contribution in [2.45, 2.75) is 31.1 Å². The lowest BCUT2D eigenvalue weighted by Gasteiger charge is -2.20. The molecule has 0 spiro atoms. The maximum atomic E-state index is 14.2. The van der Waals surface area contributed by atoms with E-state index in [4.69, 9.17) is 0 Å². The molecule has 4 atom stereocenters. The molecule has 0 radical (unpaired) electrons. The van der Waals surface area contributed by atoms with Crippen LogP contribution in [0.3, 0.4) is 0 Å². The molecule has 3 fully saturated rings. The molecule has 2 amide bonds. The summed E-state index contributed by atoms with van der Waals surface area (Å²) in [6, 6.07) is 6.97. The molecule has 172 valence electrons. The lowest BCUT2D eigenvalue weighted by Crippen LogP contribution is -2.42. The minimum absolute atomic E-state index is 0. The van der Waals surface area contributed by atoms with Gasteiger partial charge >= 0.3 is 0 Å². The Labute approximate surface area is 205 Å². The van der Waals surface area contributed by atoms with Crippen LogP contribution in [0.1, 0.15) is 31.2 Å². The Bertz CT molecular complexity index is 931. The van der Waals surface area contributed by atoms with Crippen LogP contribution in [0.2, 0.25) is 0 Å². The molecule has 32 heavy (non-hydrogen) atoms. The molecule has 6 nitrogen and oxygen atoms in total. The van der Waals surface area contributed by atoms with Gasteiger partial charge in [0.25, 0.3) is 0 Å².